The molecule has 0 spiro atoms. The van der Waals surface area contributed by atoms with Gasteiger partial charge in [-0.15, -0.1) is 0 Å². The molecule has 3 aromatic heterocycles. The Morgan fingerprint density at radius 3 is 2.50 bits per heavy atom. The molecular weight excluding hydrogens is 727 g/mol. The summed E-state index contributed by atoms with van der Waals surface area (Å²) < 4.78 is 86.8. The van der Waals surface area contributed by atoms with E-state index in [1.165, 1.54) is 23.2 Å². The third-order valence-corrected chi connectivity index (χ3v) is 10.1. The molecule has 16 heteroatoms. The largest absolute Gasteiger partial charge is 0.378 e. The number of aliphatic hydroxyl groups is 1. The second-order valence-corrected chi connectivity index (χ2v) is 16.2. The molecule has 11 nitrogen and oxygen atoms in total. The van der Waals surface area contributed by atoms with E-state index in [0.29, 0.717) is 45.6 Å². The fourth-order valence-corrected chi connectivity index (χ4v) is 7.85. The Morgan fingerprint density at radius 2 is 1.81 bits per heavy atom. The van der Waals surface area contributed by atoms with E-state index in [-0.39, 0.29) is 40.8 Å². The van der Waals surface area contributed by atoms with E-state index >= 15 is 0 Å². The average Bonchev–Trinajstić information content (AvgIpc) is 3.68. The minimum Gasteiger partial charge on any atom is -0.378 e. The molecule has 7 rings (SSSR count). The van der Waals surface area contributed by atoms with Crippen LogP contribution in [-0.4, -0.2) is 55.8 Å². The Kier molecular flexibility index (Phi) is 9.51. The number of sulfonamides is 1. The number of anilines is 1. The molecule has 3 N–H and O–H groups in total. The number of carbonyl (C=O) groups excluding carboxylic acids is 1. The van der Waals surface area contributed by atoms with Crippen LogP contribution in [0.2, 0.25) is 0 Å². The minimum absolute atomic E-state index is 0.0494. The number of hydrogen-bond acceptors (Lipinski definition) is 7. The van der Waals surface area contributed by atoms with Crippen molar-refractivity contribution in [2.24, 2.45) is 13.0 Å². The van der Waals surface area contributed by atoms with Gasteiger partial charge in [-0.2, -0.15) is 10.2 Å². The van der Waals surface area contributed by atoms with Crippen molar-refractivity contribution in [3.8, 4) is 23.0 Å². The number of benzene rings is 2. The normalized spacial score (nSPS) is 17.1. The first-order valence-corrected chi connectivity index (χ1v) is 19.2. The van der Waals surface area contributed by atoms with Crippen LogP contribution in [0.1, 0.15) is 79.0 Å². The van der Waals surface area contributed by atoms with Gasteiger partial charge in [0.05, 0.1) is 23.5 Å². The summed E-state index contributed by atoms with van der Waals surface area (Å²) in [7, 11) is -2.07. The number of hydrogen-bond donors (Lipinski definition) is 3. The highest BCUT2D eigenvalue weighted by atomic mass is 32.2. The van der Waals surface area contributed by atoms with Crippen LogP contribution in [0.25, 0.3) is 22.0 Å². The van der Waals surface area contributed by atoms with Gasteiger partial charge in [0.2, 0.25) is 15.9 Å². The molecule has 54 heavy (non-hydrogen) atoms. The molecule has 3 atom stereocenters. The van der Waals surface area contributed by atoms with Crippen molar-refractivity contribution in [3.63, 3.8) is 0 Å². The quantitative estimate of drug-likeness (QED) is 0.123. The van der Waals surface area contributed by atoms with Gasteiger partial charge < -0.3 is 10.4 Å². The fraction of sp³-hybridized carbons (Fsp3) is 0.368. The third kappa shape index (κ3) is 7.83. The summed E-state index contributed by atoms with van der Waals surface area (Å²) in [5, 5.41) is 22.3. The monoisotopic (exact) mass is 763 g/mol. The van der Waals surface area contributed by atoms with Gasteiger partial charge in [-0.05, 0) is 87.3 Å². The Bertz CT molecular complexity index is 2460. The first kappa shape index (κ1) is 37.1. The van der Waals surface area contributed by atoms with Gasteiger partial charge in [-0.25, -0.2) is 31.0 Å². The summed E-state index contributed by atoms with van der Waals surface area (Å²) in [5.74, 6) is 3.79. The van der Waals surface area contributed by atoms with Gasteiger partial charge in [0, 0.05) is 46.8 Å². The van der Waals surface area contributed by atoms with Gasteiger partial charge in [0.1, 0.15) is 35.2 Å². The highest BCUT2D eigenvalue weighted by Gasteiger charge is 2.46. The predicted molar refractivity (Wildman–Crippen MR) is 193 cm³/mol. The maximum Gasteiger partial charge on any atom is 0.282 e. The summed E-state index contributed by atoms with van der Waals surface area (Å²) in [5.41, 5.74) is 1.52. The Morgan fingerprint density at radius 1 is 1.07 bits per heavy atom. The zero-order chi connectivity index (χ0) is 38.7. The lowest BCUT2D eigenvalue weighted by molar-refractivity contribution is -0.122. The predicted octanol–water partition coefficient (Wildman–Crippen LogP) is 5.69. The summed E-state index contributed by atoms with van der Waals surface area (Å²) in [6.45, 7) is 2.61. The molecule has 0 radical (unpaired) electrons. The van der Waals surface area contributed by atoms with E-state index in [0.717, 1.165) is 37.3 Å². The number of halogens is 4. The molecule has 2 aromatic carbocycles. The van der Waals surface area contributed by atoms with E-state index < -0.39 is 52.2 Å². The maximum atomic E-state index is 14.5. The fourth-order valence-electron chi connectivity index (χ4n) is 7.35. The van der Waals surface area contributed by atoms with Crippen LogP contribution in [0.3, 0.4) is 0 Å². The number of fused-ring (bicyclic) bond motifs is 4. The summed E-state index contributed by atoms with van der Waals surface area (Å²) in [4.78, 5) is 18.8. The van der Waals surface area contributed by atoms with Crippen molar-refractivity contribution in [1.29, 1.82) is 0 Å². The number of para-hydroxylation sites is 1. The Balaban J connectivity index is 1.36. The minimum atomic E-state index is -3.70. The molecule has 3 heterocycles. The van der Waals surface area contributed by atoms with Crippen LogP contribution in [0, 0.1) is 29.4 Å². The molecule has 5 aromatic rings. The summed E-state index contributed by atoms with van der Waals surface area (Å²) in [6.07, 6.45) is 0.122. The molecule has 2 aliphatic rings. The molecule has 2 aliphatic carbocycles. The van der Waals surface area contributed by atoms with Crippen molar-refractivity contribution >= 4 is 32.7 Å². The smallest absolute Gasteiger partial charge is 0.282 e. The van der Waals surface area contributed by atoms with E-state index in [4.69, 9.17) is 4.98 Å². The highest BCUT2D eigenvalue weighted by Crippen LogP contribution is 2.55. The third-order valence-electron chi connectivity index (χ3n) is 9.55. The molecular formula is C38H37F4N7O4S. The SMILES string of the molecule is Cn1nc(NS(C)(=O)=O)c2cccc(-c3ccc(C#CC(C)(C)O)nc3C(Cc3cc(F)cc(F)c3)NC(=O)Cn3nc(C(F)F)c4c3C3CC3CC4)c21. The number of rotatable bonds is 10. The van der Waals surface area contributed by atoms with Crippen LogP contribution in [0.5, 0.6) is 0 Å². The molecule has 1 fully saturated rings. The summed E-state index contributed by atoms with van der Waals surface area (Å²) >= 11 is 0. The molecule has 1 amide bonds. The van der Waals surface area contributed by atoms with Gasteiger partial charge in [-0.1, -0.05) is 18.1 Å². The van der Waals surface area contributed by atoms with Crippen molar-refractivity contribution in [2.75, 3.05) is 11.0 Å². The van der Waals surface area contributed by atoms with Crippen LogP contribution >= 0.6 is 0 Å². The Hall–Kier alpha value is -5.27. The van der Waals surface area contributed by atoms with Crippen LogP contribution in [0.15, 0.2) is 48.5 Å². The summed E-state index contributed by atoms with van der Waals surface area (Å²) in [6, 6.07) is 10.4. The van der Waals surface area contributed by atoms with E-state index in [2.05, 4.69) is 32.1 Å². The number of alkyl halides is 2. The first-order chi connectivity index (χ1) is 25.4. The molecule has 3 unspecified atom stereocenters. The Labute approximate surface area is 308 Å². The maximum absolute atomic E-state index is 14.5. The molecule has 1 saturated carbocycles. The van der Waals surface area contributed by atoms with Crippen molar-refractivity contribution in [1.82, 2.24) is 29.9 Å². The number of nitrogens with one attached hydrogen (secondary N) is 2. The standard InChI is InChI=1S/C38H37F4N7O4S/c1-38(2,51)13-12-24-9-11-25(26-6-5-7-28-34(26)48(3)46-37(28)47-54(4,52)53)32(43-24)30(16-20-14-22(39)18-23(40)15-20)44-31(50)19-49-35-27(33(45-49)36(41)42)10-8-21-17-29(21)35/h5-7,9,11,14-15,18,21,29-30,36,51H,8,10,16-17,19H2,1-4H3,(H,44,50)(H,46,47). The lowest BCUT2D eigenvalue weighted by Crippen LogP contribution is -2.34. The second kappa shape index (κ2) is 13.9. The first-order valence-electron chi connectivity index (χ1n) is 17.3. The number of amides is 1. The number of aromatic nitrogens is 5. The molecule has 0 saturated heterocycles. The van der Waals surface area contributed by atoms with E-state index in [1.807, 2.05) is 0 Å². The lowest BCUT2D eigenvalue weighted by Gasteiger charge is -2.23. The second-order valence-electron chi connectivity index (χ2n) is 14.4. The van der Waals surface area contributed by atoms with Crippen LogP contribution in [0.4, 0.5) is 23.4 Å². The van der Waals surface area contributed by atoms with E-state index in [1.54, 1.807) is 37.4 Å². The zero-order valence-electron chi connectivity index (χ0n) is 29.8. The van der Waals surface area contributed by atoms with Crippen LogP contribution < -0.4 is 10.0 Å². The van der Waals surface area contributed by atoms with Crippen LogP contribution in [-0.2, 0) is 41.3 Å². The van der Waals surface area contributed by atoms with E-state index in [9.17, 15) is 35.9 Å². The average molecular weight is 764 g/mol. The van der Waals surface area contributed by atoms with Gasteiger partial charge in [0.25, 0.3) is 6.43 Å². The van der Waals surface area contributed by atoms with Crippen molar-refractivity contribution in [3.05, 3.63) is 94.1 Å². The number of aryl methyl sites for hydroxylation is 1. The highest BCUT2D eigenvalue weighted by molar-refractivity contribution is 7.92. The number of pyridine rings is 1. The molecule has 282 valence electrons. The number of nitrogens with zero attached hydrogens (tertiary/aromatic N) is 5. The van der Waals surface area contributed by atoms with Gasteiger partial charge in [0.15, 0.2) is 5.82 Å². The molecule has 0 aliphatic heterocycles. The van der Waals surface area contributed by atoms with Crippen molar-refractivity contribution in [2.45, 2.75) is 70.1 Å². The van der Waals surface area contributed by atoms with Crippen molar-refractivity contribution < 1.29 is 35.9 Å². The zero-order valence-corrected chi connectivity index (χ0v) is 30.6. The van der Waals surface area contributed by atoms with Gasteiger partial charge >= 0.3 is 0 Å². The lowest BCUT2D eigenvalue weighted by atomic mass is 9.93. The topological polar surface area (TPSA) is 144 Å². The van der Waals surface area contributed by atoms with Gasteiger partial charge in [-0.3, -0.25) is 18.9 Å². The molecule has 0 bridgehead atoms. The number of carbonyl (C=O) groups is 1.